The third-order valence-electron chi connectivity index (χ3n) is 2.66. The second kappa shape index (κ2) is 4.49. The van der Waals surface area contributed by atoms with Crippen LogP contribution in [0.1, 0.15) is 20.3 Å². The Morgan fingerprint density at radius 3 is 2.53 bits per heavy atom. The summed E-state index contributed by atoms with van der Waals surface area (Å²) in [6.07, 6.45) is 0.536. The average molecular weight is 234 g/mol. The van der Waals surface area contributed by atoms with Crippen molar-refractivity contribution < 1.29 is 13.2 Å². The van der Waals surface area contributed by atoms with Gasteiger partial charge in [0.25, 0.3) is 0 Å². The van der Waals surface area contributed by atoms with Crippen LogP contribution in [0.4, 0.5) is 0 Å². The van der Waals surface area contributed by atoms with Crippen LogP contribution in [0.25, 0.3) is 0 Å². The highest BCUT2D eigenvalue weighted by Crippen LogP contribution is 2.18. The van der Waals surface area contributed by atoms with E-state index in [1.54, 1.807) is 11.8 Å². The van der Waals surface area contributed by atoms with Gasteiger partial charge in [-0.1, -0.05) is 0 Å². The van der Waals surface area contributed by atoms with Gasteiger partial charge >= 0.3 is 0 Å². The lowest BCUT2D eigenvalue weighted by atomic mass is 10.2. The van der Waals surface area contributed by atoms with Gasteiger partial charge in [0.2, 0.25) is 5.91 Å². The summed E-state index contributed by atoms with van der Waals surface area (Å²) in [5.74, 6) is 0.0966. The molecule has 88 valence electrons. The molecule has 15 heavy (non-hydrogen) atoms. The first-order chi connectivity index (χ1) is 6.87. The third-order valence-corrected chi connectivity index (χ3v) is 4.41. The minimum absolute atomic E-state index is 0.0826. The number of carbonyl (C=O) groups is 1. The van der Waals surface area contributed by atoms with Crippen molar-refractivity contribution in [2.45, 2.75) is 32.4 Å². The second-order valence-electron chi connectivity index (χ2n) is 3.97. The van der Waals surface area contributed by atoms with E-state index >= 15 is 0 Å². The maximum atomic E-state index is 11.7. The fourth-order valence-electron chi connectivity index (χ4n) is 1.88. The van der Waals surface area contributed by atoms with E-state index in [-0.39, 0.29) is 23.5 Å². The fraction of sp³-hybridized carbons (Fsp3) is 0.889. The Morgan fingerprint density at radius 2 is 2.20 bits per heavy atom. The fourth-order valence-corrected chi connectivity index (χ4v) is 3.61. The van der Waals surface area contributed by atoms with E-state index in [0.29, 0.717) is 13.0 Å². The summed E-state index contributed by atoms with van der Waals surface area (Å²) in [5.41, 5.74) is 5.51. The van der Waals surface area contributed by atoms with Gasteiger partial charge in [0.1, 0.15) is 0 Å². The van der Waals surface area contributed by atoms with Crippen LogP contribution in [-0.2, 0) is 14.6 Å². The van der Waals surface area contributed by atoms with E-state index in [2.05, 4.69) is 0 Å². The summed E-state index contributed by atoms with van der Waals surface area (Å²) in [4.78, 5) is 13.3. The molecule has 0 spiro atoms. The average Bonchev–Trinajstić information content (AvgIpc) is 2.47. The van der Waals surface area contributed by atoms with E-state index in [0.717, 1.165) is 0 Å². The van der Waals surface area contributed by atoms with E-state index in [1.165, 1.54) is 0 Å². The quantitative estimate of drug-likeness (QED) is 0.705. The number of rotatable bonds is 3. The summed E-state index contributed by atoms with van der Waals surface area (Å²) >= 11 is 0. The van der Waals surface area contributed by atoms with E-state index in [4.69, 9.17) is 5.73 Å². The Bertz CT molecular complexity index is 337. The molecule has 0 aromatic heterocycles. The van der Waals surface area contributed by atoms with Crippen LogP contribution in [0.5, 0.6) is 0 Å². The number of sulfone groups is 1. The maximum absolute atomic E-state index is 11.7. The first-order valence-electron chi connectivity index (χ1n) is 5.14. The lowest BCUT2D eigenvalue weighted by Gasteiger charge is -2.28. The molecule has 1 aliphatic heterocycles. The number of hydrogen-bond donors (Lipinski definition) is 1. The summed E-state index contributed by atoms with van der Waals surface area (Å²) in [6.45, 7) is 3.97. The van der Waals surface area contributed by atoms with Crippen molar-refractivity contribution in [3.8, 4) is 0 Å². The number of carbonyl (C=O) groups excluding carboxylic acids is 1. The molecule has 1 amide bonds. The van der Waals surface area contributed by atoms with Gasteiger partial charge in [0.05, 0.1) is 17.5 Å². The van der Waals surface area contributed by atoms with Crippen LogP contribution in [0, 0.1) is 0 Å². The van der Waals surface area contributed by atoms with Crippen molar-refractivity contribution in [3.63, 3.8) is 0 Å². The second-order valence-corrected chi connectivity index (χ2v) is 6.20. The molecule has 2 unspecified atom stereocenters. The first-order valence-corrected chi connectivity index (χ1v) is 6.96. The predicted octanol–water partition coefficient (Wildman–Crippen LogP) is -0.631. The van der Waals surface area contributed by atoms with E-state index < -0.39 is 15.9 Å². The first kappa shape index (κ1) is 12.4. The van der Waals surface area contributed by atoms with Gasteiger partial charge in [-0.3, -0.25) is 4.79 Å². The third kappa shape index (κ3) is 2.92. The minimum atomic E-state index is -2.94. The summed E-state index contributed by atoms with van der Waals surface area (Å²) in [7, 11) is -2.94. The molecule has 0 aromatic carbocycles. The van der Waals surface area contributed by atoms with Crippen molar-refractivity contribution in [2.75, 3.05) is 18.1 Å². The standard InChI is InChI=1S/C9H18N2O3S/c1-3-11(9(12)7(2)10)8-4-5-15(13,14)6-8/h7-8H,3-6,10H2,1-2H3. The van der Waals surface area contributed by atoms with Crippen molar-refractivity contribution in [2.24, 2.45) is 5.73 Å². The smallest absolute Gasteiger partial charge is 0.239 e. The van der Waals surface area contributed by atoms with Gasteiger partial charge in [-0.25, -0.2) is 8.42 Å². The number of nitrogens with zero attached hydrogens (tertiary/aromatic N) is 1. The highest BCUT2D eigenvalue weighted by atomic mass is 32.2. The van der Waals surface area contributed by atoms with Crippen molar-refractivity contribution in [3.05, 3.63) is 0 Å². The summed E-state index contributed by atoms with van der Waals surface area (Å²) in [5, 5.41) is 0. The molecular formula is C9H18N2O3S. The molecule has 2 N–H and O–H groups in total. The zero-order valence-corrected chi connectivity index (χ0v) is 9.96. The van der Waals surface area contributed by atoms with Gasteiger partial charge in [-0.2, -0.15) is 0 Å². The topological polar surface area (TPSA) is 80.5 Å². The number of likely N-dealkylation sites (N-methyl/N-ethyl adjacent to an activating group) is 1. The molecule has 1 heterocycles. The SMILES string of the molecule is CCN(C(=O)C(C)N)C1CCS(=O)(=O)C1. The van der Waals surface area contributed by atoms with Gasteiger partial charge in [-0.05, 0) is 20.3 Å². The monoisotopic (exact) mass is 234 g/mol. The molecular weight excluding hydrogens is 216 g/mol. The normalized spacial score (nSPS) is 26.2. The molecule has 1 aliphatic rings. The van der Waals surface area contributed by atoms with Gasteiger partial charge in [-0.15, -0.1) is 0 Å². The number of amides is 1. The van der Waals surface area contributed by atoms with Crippen LogP contribution in [0.3, 0.4) is 0 Å². The summed E-state index contributed by atoms with van der Waals surface area (Å²) < 4.78 is 22.6. The lowest BCUT2D eigenvalue weighted by molar-refractivity contribution is -0.133. The molecule has 2 atom stereocenters. The number of nitrogens with two attached hydrogens (primary N) is 1. The van der Waals surface area contributed by atoms with Gasteiger partial charge in [0, 0.05) is 12.6 Å². The molecule has 0 radical (unpaired) electrons. The maximum Gasteiger partial charge on any atom is 0.239 e. The Morgan fingerprint density at radius 1 is 1.60 bits per heavy atom. The largest absolute Gasteiger partial charge is 0.338 e. The molecule has 1 fully saturated rings. The zero-order chi connectivity index (χ0) is 11.6. The lowest BCUT2D eigenvalue weighted by Crippen LogP contribution is -2.47. The highest BCUT2D eigenvalue weighted by molar-refractivity contribution is 7.91. The predicted molar refractivity (Wildman–Crippen MR) is 58.1 cm³/mol. The molecule has 0 bridgehead atoms. The van der Waals surface area contributed by atoms with Gasteiger partial charge in [0.15, 0.2) is 9.84 Å². The summed E-state index contributed by atoms with van der Waals surface area (Å²) in [6, 6.07) is -0.744. The van der Waals surface area contributed by atoms with Crippen LogP contribution >= 0.6 is 0 Å². The Labute approximate surface area is 90.5 Å². The van der Waals surface area contributed by atoms with E-state index in [9.17, 15) is 13.2 Å². The molecule has 5 nitrogen and oxygen atoms in total. The van der Waals surface area contributed by atoms with Crippen molar-refractivity contribution >= 4 is 15.7 Å². The molecule has 0 saturated carbocycles. The zero-order valence-electron chi connectivity index (χ0n) is 9.14. The van der Waals surface area contributed by atoms with Crippen molar-refractivity contribution in [1.82, 2.24) is 4.90 Å². The Balaban J connectivity index is 2.73. The molecule has 1 rings (SSSR count). The Kier molecular flexibility index (Phi) is 3.72. The molecule has 6 heteroatoms. The molecule has 1 saturated heterocycles. The Hall–Kier alpha value is -0.620. The van der Waals surface area contributed by atoms with E-state index in [1.807, 2.05) is 6.92 Å². The van der Waals surface area contributed by atoms with Crippen LogP contribution in [0.15, 0.2) is 0 Å². The molecule has 0 aromatic rings. The van der Waals surface area contributed by atoms with Crippen molar-refractivity contribution in [1.29, 1.82) is 0 Å². The van der Waals surface area contributed by atoms with Gasteiger partial charge < -0.3 is 10.6 Å². The highest BCUT2D eigenvalue weighted by Gasteiger charge is 2.34. The van der Waals surface area contributed by atoms with Crippen LogP contribution < -0.4 is 5.73 Å². The van der Waals surface area contributed by atoms with Crippen LogP contribution in [-0.4, -0.2) is 49.4 Å². The van der Waals surface area contributed by atoms with Crippen LogP contribution in [0.2, 0.25) is 0 Å². The molecule has 0 aliphatic carbocycles. The minimum Gasteiger partial charge on any atom is -0.338 e. The number of hydrogen-bond acceptors (Lipinski definition) is 4.